The van der Waals surface area contributed by atoms with Crippen molar-refractivity contribution >= 4 is 26.0 Å². The lowest BCUT2D eigenvalue weighted by atomic mass is 10.4. The van der Waals surface area contributed by atoms with Gasteiger partial charge in [0.25, 0.3) is 0 Å². The van der Waals surface area contributed by atoms with Crippen molar-refractivity contribution < 1.29 is 8.42 Å². The Morgan fingerprint density at radius 1 is 1.18 bits per heavy atom. The van der Waals surface area contributed by atoms with E-state index in [9.17, 15) is 8.42 Å². The van der Waals surface area contributed by atoms with E-state index in [0.717, 1.165) is 4.47 Å². The van der Waals surface area contributed by atoms with Crippen molar-refractivity contribution in [2.45, 2.75) is 23.8 Å². The van der Waals surface area contributed by atoms with Gasteiger partial charge in [0.2, 0.25) is 10.0 Å². The minimum atomic E-state index is -3.37. The molecule has 1 aromatic carbocycles. The Morgan fingerprint density at radius 3 is 2.41 bits per heavy atom. The number of hydrogen-bond acceptors (Lipinski definition) is 3. The van der Waals surface area contributed by atoms with Gasteiger partial charge in [0.1, 0.15) is 0 Å². The van der Waals surface area contributed by atoms with E-state index in [1.807, 2.05) is 0 Å². The van der Waals surface area contributed by atoms with E-state index in [2.05, 4.69) is 26.0 Å². The van der Waals surface area contributed by atoms with Crippen molar-refractivity contribution in [2.75, 3.05) is 13.1 Å². The second-order valence-corrected chi connectivity index (χ2v) is 6.76. The average Bonchev–Trinajstić information content (AvgIpc) is 3.09. The van der Waals surface area contributed by atoms with E-state index >= 15 is 0 Å². The Balaban J connectivity index is 1.86. The third kappa shape index (κ3) is 4.06. The van der Waals surface area contributed by atoms with Crippen LogP contribution in [0.2, 0.25) is 0 Å². The molecule has 0 saturated heterocycles. The van der Waals surface area contributed by atoms with Gasteiger partial charge in [0.15, 0.2) is 0 Å². The Bertz CT molecular complexity index is 469. The molecule has 2 N–H and O–H groups in total. The fourth-order valence-electron chi connectivity index (χ4n) is 1.45. The van der Waals surface area contributed by atoms with Crippen molar-refractivity contribution in [1.29, 1.82) is 0 Å². The van der Waals surface area contributed by atoms with Crippen molar-refractivity contribution in [2.24, 2.45) is 0 Å². The summed E-state index contributed by atoms with van der Waals surface area (Å²) < 4.78 is 27.1. The van der Waals surface area contributed by atoms with Crippen LogP contribution in [0.3, 0.4) is 0 Å². The fraction of sp³-hybridized carbons (Fsp3) is 0.455. The summed E-state index contributed by atoms with van der Waals surface area (Å²) in [6.07, 6.45) is 2.42. The molecule has 0 radical (unpaired) electrons. The van der Waals surface area contributed by atoms with Gasteiger partial charge >= 0.3 is 0 Å². The molecule has 1 saturated carbocycles. The first kappa shape index (κ1) is 13.0. The number of rotatable bonds is 6. The van der Waals surface area contributed by atoms with Crippen molar-refractivity contribution in [3.8, 4) is 0 Å². The molecule has 94 valence electrons. The summed E-state index contributed by atoms with van der Waals surface area (Å²) in [6.45, 7) is 1.11. The van der Waals surface area contributed by atoms with Gasteiger partial charge < -0.3 is 5.32 Å². The maximum absolute atomic E-state index is 11.8. The highest BCUT2D eigenvalue weighted by Crippen LogP contribution is 2.18. The van der Waals surface area contributed by atoms with Gasteiger partial charge in [0.05, 0.1) is 4.90 Å². The maximum Gasteiger partial charge on any atom is 0.240 e. The van der Waals surface area contributed by atoms with Crippen LogP contribution in [0, 0.1) is 0 Å². The molecule has 1 aliphatic rings. The number of hydrogen-bond donors (Lipinski definition) is 2. The number of halogens is 1. The van der Waals surface area contributed by atoms with Crippen molar-refractivity contribution in [3.63, 3.8) is 0 Å². The molecule has 0 amide bonds. The number of benzene rings is 1. The normalized spacial score (nSPS) is 16.1. The number of nitrogens with one attached hydrogen (secondary N) is 2. The lowest BCUT2D eigenvalue weighted by Gasteiger charge is -2.07. The highest BCUT2D eigenvalue weighted by Gasteiger charge is 2.20. The highest BCUT2D eigenvalue weighted by atomic mass is 79.9. The second-order valence-electron chi connectivity index (χ2n) is 4.08. The third-order valence-corrected chi connectivity index (χ3v) is 4.56. The molecular formula is C11H15BrN2O2S. The van der Waals surface area contributed by atoms with Gasteiger partial charge in [-0.3, -0.25) is 0 Å². The minimum Gasteiger partial charge on any atom is -0.313 e. The van der Waals surface area contributed by atoms with Crippen molar-refractivity contribution in [3.05, 3.63) is 28.7 Å². The standard InChI is InChI=1S/C11H15BrN2O2S/c12-9-1-5-11(6-2-9)17(15,16)14-8-7-13-10-3-4-10/h1-2,5-6,10,13-14H,3-4,7-8H2. The van der Waals surface area contributed by atoms with Crippen molar-refractivity contribution in [1.82, 2.24) is 10.0 Å². The van der Waals surface area contributed by atoms with E-state index in [1.54, 1.807) is 24.3 Å². The summed E-state index contributed by atoms with van der Waals surface area (Å²) in [7, 11) is -3.37. The van der Waals surface area contributed by atoms with Crippen LogP contribution in [0.1, 0.15) is 12.8 Å². The number of sulfonamides is 1. The van der Waals surface area contributed by atoms with E-state index in [0.29, 0.717) is 24.0 Å². The first-order chi connectivity index (χ1) is 8.08. The van der Waals surface area contributed by atoms with Gasteiger partial charge in [-0.1, -0.05) is 15.9 Å². The molecule has 2 rings (SSSR count). The van der Waals surface area contributed by atoms with Crippen LogP contribution in [0.4, 0.5) is 0 Å². The van der Waals surface area contributed by atoms with E-state index < -0.39 is 10.0 Å². The van der Waals surface area contributed by atoms with E-state index in [-0.39, 0.29) is 0 Å². The maximum atomic E-state index is 11.8. The summed E-state index contributed by atoms with van der Waals surface area (Å²) in [4.78, 5) is 0.298. The predicted octanol–water partition coefficient (Wildman–Crippen LogP) is 1.48. The molecule has 1 aliphatic carbocycles. The molecular weight excluding hydrogens is 304 g/mol. The highest BCUT2D eigenvalue weighted by molar-refractivity contribution is 9.10. The SMILES string of the molecule is O=S(=O)(NCCNC1CC1)c1ccc(Br)cc1. The first-order valence-corrected chi connectivity index (χ1v) is 7.84. The van der Waals surface area contributed by atoms with Crippen LogP contribution in [-0.2, 0) is 10.0 Å². The van der Waals surface area contributed by atoms with E-state index in [1.165, 1.54) is 12.8 Å². The molecule has 0 spiro atoms. The quantitative estimate of drug-likeness (QED) is 0.781. The molecule has 17 heavy (non-hydrogen) atoms. The van der Waals surface area contributed by atoms with Crippen LogP contribution in [0.25, 0.3) is 0 Å². The zero-order valence-electron chi connectivity index (χ0n) is 9.32. The average molecular weight is 319 g/mol. The van der Waals surface area contributed by atoms with Gasteiger partial charge in [-0.25, -0.2) is 13.1 Å². The summed E-state index contributed by atoms with van der Waals surface area (Å²) in [5, 5.41) is 3.26. The summed E-state index contributed by atoms with van der Waals surface area (Å²) in [5.41, 5.74) is 0. The van der Waals surface area contributed by atoms with Gasteiger partial charge in [0, 0.05) is 23.6 Å². The summed E-state index contributed by atoms with van der Waals surface area (Å²) >= 11 is 3.27. The minimum absolute atomic E-state index is 0.298. The first-order valence-electron chi connectivity index (χ1n) is 5.56. The largest absolute Gasteiger partial charge is 0.313 e. The van der Waals surface area contributed by atoms with E-state index in [4.69, 9.17) is 0 Å². The topological polar surface area (TPSA) is 58.2 Å². The summed E-state index contributed by atoms with van der Waals surface area (Å²) in [5.74, 6) is 0. The monoisotopic (exact) mass is 318 g/mol. The fourth-order valence-corrected chi connectivity index (χ4v) is 2.74. The van der Waals surface area contributed by atoms with Gasteiger partial charge in [-0.05, 0) is 37.1 Å². The molecule has 0 aliphatic heterocycles. The van der Waals surface area contributed by atoms with Crippen LogP contribution < -0.4 is 10.0 Å². The molecule has 0 atom stereocenters. The van der Waals surface area contributed by atoms with Crippen LogP contribution in [0.15, 0.2) is 33.6 Å². The summed E-state index contributed by atoms with van der Waals surface area (Å²) in [6, 6.07) is 7.21. The smallest absolute Gasteiger partial charge is 0.240 e. The molecule has 0 unspecified atom stereocenters. The lowest BCUT2D eigenvalue weighted by Crippen LogP contribution is -2.32. The molecule has 4 nitrogen and oxygen atoms in total. The Labute approximate surface area is 110 Å². The molecule has 0 heterocycles. The zero-order valence-corrected chi connectivity index (χ0v) is 11.7. The predicted molar refractivity (Wildman–Crippen MR) is 70.4 cm³/mol. The molecule has 6 heteroatoms. The Morgan fingerprint density at radius 2 is 1.82 bits per heavy atom. The van der Waals surface area contributed by atoms with Crippen LogP contribution >= 0.6 is 15.9 Å². The van der Waals surface area contributed by atoms with Gasteiger partial charge in [-0.2, -0.15) is 0 Å². The van der Waals surface area contributed by atoms with Gasteiger partial charge in [-0.15, -0.1) is 0 Å². The lowest BCUT2D eigenvalue weighted by molar-refractivity contribution is 0.575. The molecule has 0 aromatic heterocycles. The zero-order chi connectivity index (χ0) is 12.3. The Hall–Kier alpha value is -0.430. The molecule has 1 aromatic rings. The molecule has 1 fully saturated rings. The second kappa shape index (κ2) is 5.48. The third-order valence-electron chi connectivity index (χ3n) is 2.55. The molecule has 0 bridgehead atoms. The van der Waals surface area contributed by atoms with Crippen LogP contribution in [-0.4, -0.2) is 27.5 Å². The van der Waals surface area contributed by atoms with Crippen LogP contribution in [0.5, 0.6) is 0 Å². The Kier molecular flexibility index (Phi) is 4.19.